The van der Waals surface area contributed by atoms with Crippen LogP contribution in [0.25, 0.3) is 6.08 Å². The largest absolute Gasteiger partial charge is 0.294 e. The van der Waals surface area contributed by atoms with Gasteiger partial charge in [-0.3, -0.25) is 4.79 Å². The first-order valence-electron chi connectivity index (χ1n) is 8.07. The number of Topliss-reactive ketones (excluding diaryl/α,β-unsaturated/α-hetero) is 1. The SMILES string of the molecule is CCC12C(C)/C(=C/c3ccc(C)cc3)C(=O)C1(C)C2(C)C. The lowest BCUT2D eigenvalue weighted by Gasteiger charge is -2.25. The van der Waals surface area contributed by atoms with Crippen molar-refractivity contribution in [3.05, 3.63) is 41.0 Å². The van der Waals surface area contributed by atoms with Crippen LogP contribution in [0.5, 0.6) is 0 Å². The van der Waals surface area contributed by atoms with E-state index in [1.807, 2.05) is 0 Å². The highest BCUT2D eigenvalue weighted by Gasteiger charge is 2.87. The maximum atomic E-state index is 13.1. The van der Waals surface area contributed by atoms with E-state index in [4.69, 9.17) is 0 Å². The van der Waals surface area contributed by atoms with Gasteiger partial charge >= 0.3 is 0 Å². The van der Waals surface area contributed by atoms with Crippen molar-refractivity contribution < 1.29 is 4.79 Å². The van der Waals surface area contributed by atoms with Crippen LogP contribution in [0.3, 0.4) is 0 Å². The van der Waals surface area contributed by atoms with Crippen LogP contribution in [-0.4, -0.2) is 5.78 Å². The van der Waals surface area contributed by atoms with Gasteiger partial charge in [-0.1, -0.05) is 64.4 Å². The smallest absolute Gasteiger partial charge is 0.166 e. The van der Waals surface area contributed by atoms with Crippen molar-refractivity contribution in [3.8, 4) is 0 Å². The molecular formula is C20H26O. The first kappa shape index (κ1) is 14.6. The molecule has 0 aliphatic heterocycles. The number of allylic oxidation sites excluding steroid dienone is 1. The Morgan fingerprint density at radius 3 is 2.19 bits per heavy atom. The Balaban J connectivity index is 2.05. The molecule has 3 atom stereocenters. The first-order valence-corrected chi connectivity index (χ1v) is 8.07. The summed E-state index contributed by atoms with van der Waals surface area (Å²) in [4.78, 5) is 13.1. The van der Waals surface area contributed by atoms with E-state index in [-0.39, 0.29) is 16.2 Å². The summed E-state index contributed by atoms with van der Waals surface area (Å²) in [5.74, 6) is 0.721. The van der Waals surface area contributed by atoms with E-state index < -0.39 is 0 Å². The van der Waals surface area contributed by atoms with Crippen molar-refractivity contribution in [2.45, 2.75) is 48.0 Å². The third-order valence-corrected chi connectivity index (χ3v) is 7.07. The number of ketones is 1. The number of benzene rings is 1. The summed E-state index contributed by atoms with van der Waals surface area (Å²) in [7, 11) is 0. The molecule has 0 radical (unpaired) electrons. The lowest BCUT2D eigenvalue weighted by Crippen LogP contribution is -2.21. The summed E-state index contributed by atoms with van der Waals surface area (Å²) < 4.78 is 0. The number of fused-ring (bicyclic) bond motifs is 1. The Kier molecular flexibility index (Phi) is 2.84. The molecule has 3 unspecified atom stereocenters. The Labute approximate surface area is 128 Å². The van der Waals surface area contributed by atoms with Crippen molar-refractivity contribution in [3.63, 3.8) is 0 Å². The van der Waals surface area contributed by atoms with Gasteiger partial charge in [0.1, 0.15) is 0 Å². The Morgan fingerprint density at radius 1 is 1.14 bits per heavy atom. The van der Waals surface area contributed by atoms with Crippen LogP contribution in [0.1, 0.15) is 52.2 Å². The lowest BCUT2D eigenvalue weighted by molar-refractivity contribution is -0.120. The zero-order valence-electron chi connectivity index (χ0n) is 14.1. The summed E-state index contributed by atoms with van der Waals surface area (Å²) in [6.07, 6.45) is 3.20. The Morgan fingerprint density at radius 2 is 1.71 bits per heavy atom. The van der Waals surface area contributed by atoms with Gasteiger partial charge in [0.25, 0.3) is 0 Å². The first-order chi connectivity index (χ1) is 9.74. The number of hydrogen-bond acceptors (Lipinski definition) is 1. The van der Waals surface area contributed by atoms with Gasteiger partial charge in [-0.25, -0.2) is 0 Å². The highest BCUT2D eigenvalue weighted by Crippen LogP contribution is 2.87. The molecule has 0 aromatic heterocycles. The fraction of sp³-hybridized carbons (Fsp3) is 0.550. The molecule has 3 rings (SSSR count). The summed E-state index contributed by atoms with van der Waals surface area (Å²) in [6.45, 7) is 13.3. The number of hydrogen-bond donors (Lipinski definition) is 0. The summed E-state index contributed by atoms with van der Waals surface area (Å²) in [6, 6.07) is 8.44. The van der Waals surface area contributed by atoms with Crippen LogP contribution in [0, 0.1) is 29.1 Å². The maximum Gasteiger partial charge on any atom is 0.166 e. The van der Waals surface area contributed by atoms with Gasteiger partial charge in [0.05, 0.1) is 0 Å². The van der Waals surface area contributed by atoms with Gasteiger partial charge in [0.15, 0.2) is 5.78 Å². The predicted octanol–water partition coefficient (Wildman–Crippen LogP) is 5.04. The summed E-state index contributed by atoms with van der Waals surface area (Å²) in [5.41, 5.74) is 3.52. The second kappa shape index (κ2) is 4.09. The van der Waals surface area contributed by atoms with Crippen LogP contribution in [0.15, 0.2) is 29.8 Å². The zero-order chi connectivity index (χ0) is 15.6. The van der Waals surface area contributed by atoms with Crippen LogP contribution < -0.4 is 0 Å². The molecule has 0 N–H and O–H groups in total. The molecule has 1 aromatic rings. The molecule has 1 aromatic carbocycles. The standard InChI is InChI=1S/C20H26O/c1-7-20-14(3)16(12-15-10-8-13(2)9-11-15)17(21)19(20,6)18(20,4)5/h8-12,14H,7H2,1-6H3/b16-12-. The lowest BCUT2D eigenvalue weighted by atomic mass is 9.78. The van der Waals surface area contributed by atoms with E-state index in [9.17, 15) is 4.79 Å². The minimum Gasteiger partial charge on any atom is -0.294 e. The molecule has 0 amide bonds. The second-order valence-corrected chi connectivity index (χ2v) is 7.64. The van der Waals surface area contributed by atoms with Crippen molar-refractivity contribution in [2.75, 3.05) is 0 Å². The second-order valence-electron chi connectivity index (χ2n) is 7.64. The average Bonchev–Trinajstić information content (AvgIpc) is 2.77. The molecule has 0 heterocycles. The fourth-order valence-electron chi connectivity index (χ4n) is 5.58. The van der Waals surface area contributed by atoms with E-state index >= 15 is 0 Å². The molecule has 2 fully saturated rings. The highest BCUT2D eigenvalue weighted by atomic mass is 16.1. The third-order valence-electron chi connectivity index (χ3n) is 7.07. The Bertz CT molecular complexity index is 634. The monoisotopic (exact) mass is 282 g/mol. The van der Waals surface area contributed by atoms with Crippen LogP contribution in [-0.2, 0) is 4.79 Å². The van der Waals surface area contributed by atoms with E-state index in [0.29, 0.717) is 11.7 Å². The van der Waals surface area contributed by atoms with Gasteiger partial charge in [-0.05, 0) is 47.3 Å². The predicted molar refractivity (Wildman–Crippen MR) is 87.9 cm³/mol. The molecule has 2 aliphatic rings. The van der Waals surface area contributed by atoms with Gasteiger partial charge in [0.2, 0.25) is 0 Å². The molecule has 21 heavy (non-hydrogen) atoms. The topological polar surface area (TPSA) is 17.1 Å². The summed E-state index contributed by atoms with van der Waals surface area (Å²) >= 11 is 0. The molecule has 1 heteroatoms. The summed E-state index contributed by atoms with van der Waals surface area (Å²) in [5, 5.41) is 0. The van der Waals surface area contributed by atoms with Crippen molar-refractivity contribution in [2.24, 2.45) is 22.2 Å². The maximum absolute atomic E-state index is 13.1. The number of carbonyl (C=O) groups excluding carboxylic acids is 1. The van der Waals surface area contributed by atoms with E-state index in [0.717, 1.165) is 17.6 Å². The van der Waals surface area contributed by atoms with E-state index in [1.54, 1.807) is 0 Å². The quantitative estimate of drug-likeness (QED) is 0.694. The van der Waals surface area contributed by atoms with Gasteiger partial charge in [-0.15, -0.1) is 0 Å². The fourth-order valence-corrected chi connectivity index (χ4v) is 5.58. The van der Waals surface area contributed by atoms with Crippen LogP contribution >= 0.6 is 0 Å². The van der Waals surface area contributed by atoms with E-state index in [1.165, 1.54) is 5.56 Å². The van der Waals surface area contributed by atoms with Crippen molar-refractivity contribution >= 4 is 11.9 Å². The van der Waals surface area contributed by atoms with Gasteiger partial charge < -0.3 is 0 Å². The van der Waals surface area contributed by atoms with Gasteiger partial charge in [0, 0.05) is 5.41 Å². The minimum atomic E-state index is -0.176. The molecule has 1 nitrogen and oxygen atoms in total. The number of aryl methyl sites for hydroxylation is 1. The van der Waals surface area contributed by atoms with Gasteiger partial charge in [-0.2, -0.15) is 0 Å². The number of carbonyl (C=O) groups is 1. The normalized spacial score (nSPS) is 38.7. The average molecular weight is 282 g/mol. The third kappa shape index (κ3) is 1.40. The number of rotatable bonds is 2. The molecule has 112 valence electrons. The molecule has 0 saturated heterocycles. The van der Waals surface area contributed by atoms with Crippen LogP contribution in [0.4, 0.5) is 0 Å². The molecule has 0 bridgehead atoms. The minimum absolute atomic E-state index is 0.121. The van der Waals surface area contributed by atoms with Crippen molar-refractivity contribution in [1.29, 1.82) is 0 Å². The molecule has 0 spiro atoms. The van der Waals surface area contributed by atoms with Crippen molar-refractivity contribution in [1.82, 2.24) is 0 Å². The van der Waals surface area contributed by atoms with E-state index in [2.05, 4.69) is 71.9 Å². The highest BCUT2D eigenvalue weighted by molar-refractivity contribution is 6.10. The Hall–Kier alpha value is -1.37. The molecular weight excluding hydrogens is 256 g/mol. The molecule has 2 saturated carbocycles. The molecule has 2 aliphatic carbocycles. The zero-order valence-corrected chi connectivity index (χ0v) is 14.1. The van der Waals surface area contributed by atoms with Crippen LogP contribution in [0.2, 0.25) is 0 Å².